The minimum Gasteiger partial charge on any atom is -0.369 e. The zero-order chi connectivity index (χ0) is 13.8. The third-order valence-electron chi connectivity index (χ3n) is 3.57. The Morgan fingerprint density at radius 3 is 2.63 bits per heavy atom. The van der Waals surface area contributed by atoms with Crippen molar-refractivity contribution in [2.45, 2.75) is 38.3 Å². The average molecular weight is 391 g/mol. The first-order chi connectivity index (χ1) is 9.06. The number of aromatic nitrogens is 1. The van der Waals surface area contributed by atoms with Crippen LogP contribution in [0.3, 0.4) is 0 Å². The third-order valence-corrected chi connectivity index (χ3v) is 4.69. The Bertz CT molecular complexity index is 459. The van der Waals surface area contributed by atoms with E-state index in [1.807, 2.05) is 6.07 Å². The van der Waals surface area contributed by atoms with E-state index in [1.165, 1.54) is 0 Å². The number of nitrogens with one attached hydrogen (secondary N) is 1. The molecule has 19 heavy (non-hydrogen) atoms. The van der Waals surface area contributed by atoms with Gasteiger partial charge in [0.05, 0.1) is 5.69 Å². The summed E-state index contributed by atoms with van der Waals surface area (Å²) in [5.41, 5.74) is 6.33. The summed E-state index contributed by atoms with van der Waals surface area (Å²) in [6.45, 7) is 0.736. The predicted octanol–water partition coefficient (Wildman–Crippen LogP) is 2.74. The molecule has 4 nitrogen and oxygen atoms in total. The molecule has 0 bridgehead atoms. The van der Waals surface area contributed by atoms with Crippen molar-refractivity contribution in [3.05, 3.63) is 26.9 Å². The lowest BCUT2D eigenvalue weighted by atomic mass is 9.85. The van der Waals surface area contributed by atoms with Crippen molar-refractivity contribution in [1.82, 2.24) is 10.3 Å². The number of rotatable bonds is 4. The number of primary amides is 1. The Balaban J connectivity index is 1.82. The standard InChI is InChI=1S/C13H17Br2N3O/c14-9-5-11(15)12(18-6-9)7-17-10-3-1-8(2-4-10)13(16)19/h5-6,8,10,17H,1-4,7H2,(H2,16,19). The van der Waals surface area contributed by atoms with Gasteiger partial charge < -0.3 is 11.1 Å². The zero-order valence-electron chi connectivity index (χ0n) is 10.5. The van der Waals surface area contributed by atoms with E-state index < -0.39 is 0 Å². The summed E-state index contributed by atoms with van der Waals surface area (Å²) in [5.74, 6) is -0.0913. The molecule has 1 amide bonds. The summed E-state index contributed by atoms with van der Waals surface area (Å²) in [6, 6.07) is 2.45. The van der Waals surface area contributed by atoms with Gasteiger partial charge in [-0.3, -0.25) is 9.78 Å². The van der Waals surface area contributed by atoms with E-state index in [0.29, 0.717) is 6.04 Å². The predicted molar refractivity (Wildman–Crippen MR) is 81.4 cm³/mol. The topological polar surface area (TPSA) is 68.0 Å². The minimum atomic E-state index is -0.157. The Hall–Kier alpha value is -0.460. The molecule has 1 aliphatic carbocycles. The van der Waals surface area contributed by atoms with E-state index in [0.717, 1.165) is 46.9 Å². The Morgan fingerprint density at radius 1 is 1.37 bits per heavy atom. The first kappa shape index (κ1) is 14.9. The molecule has 1 aromatic rings. The zero-order valence-corrected chi connectivity index (χ0v) is 13.7. The molecule has 1 aliphatic rings. The number of hydrogen-bond acceptors (Lipinski definition) is 3. The number of halogens is 2. The maximum Gasteiger partial charge on any atom is 0.220 e. The molecule has 1 saturated carbocycles. The molecule has 0 aromatic carbocycles. The molecule has 0 spiro atoms. The molecule has 6 heteroatoms. The van der Waals surface area contributed by atoms with Crippen LogP contribution in [-0.4, -0.2) is 16.9 Å². The first-order valence-electron chi connectivity index (χ1n) is 6.39. The van der Waals surface area contributed by atoms with E-state index >= 15 is 0 Å². The molecule has 0 unspecified atom stereocenters. The van der Waals surface area contributed by atoms with Crippen molar-refractivity contribution >= 4 is 37.8 Å². The average Bonchev–Trinajstić information content (AvgIpc) is 2.38. The lowest BCUT2D eigenvalue weighted by Crippen LogP contribution is -2.36. The van der Waals surface area contributed by atoms with Crippen molar-refractivity contribution in [2.24, 2.45) is 11.7 Å². The van der Waals surface area contributed by atoms with Gasteiger partial charge in [0.25, 0.3) is 0 Å². The van der Waals surface area contributed by atoms with Gasteiger partial charge in [0.1, 0.15) is 0 Å². The van der Waals surface area contributed by atoms with Gasteiger partial charge in [0.15, 0.2) is 0 Å². The molecule has 2 rings (SSSR count). The highest BCUT2D eigenvalue weighted by atomic mass is 79.9. The van der Waals surface area contributed by atoms with Gasteiger partial charge in [-0.15, -0.1) is 0 Å². The molecule has 3 N–H and O–H groups in total. The van der Waals surface area contributed by atoms with Crippen molar-refractivity contribution in [2.75, 3.05) is 0 Å². The fraction of sp³-hybridized carbons (Fsp3) is 0.538. The number of carbonyl (C=O) groups is 1. The smallest absolute Gasteiger partial charge is 0.220 e. The van der Waals surface area contributed by atoms with E-state index in [2.05, 4.69) is 42.2 Å². The molecule has 0 saturated heterocycles. The molecule has 0 radical (unpaired) electrons. The Labute approximate surface area is 129 Å². The van der Waals surface area contributed by atoms with Gasteiger partial charge in [0, 0.05) is 33.6 Å². The molecule has 0 atom stereocenters. The number of amides is 1. The van der Waals surface area contributed by atoms with E-state index in [9.17, 15) is 4.79 Å². The number of nitrogens with zero attached hydrogens (tertiary/aromatic N) is 1. The minimum absolute atomic E-state index is 0.0654. The van der Waals surface area contributed by atoms with Crippen molar-refractivity contribution in [1.29, 1.82) is 0 Å². The Morgan fingerprint density at radius 2 is 2.05 bits per heavy atom. The van der Waals surface area contributed by atoms with Gasteiger partial charge in [-0.25, -0.2) is 0 Å². The second kappa shape index (κ2) is 6.81. The van der Waals surface area contributed by atoms with E-state index in [-0.39, 0.29) is 11.8 Å². The normalized spacial score (nSPS) is 23.3. The maximum absolute atomic E-state index is 11.1. The van der Waals surface area contributed by atoms with Crippen LogP contribution in [0.5, 0.6) is 0 Å². The summed E-state index contributed by atoms with van der Waals surface area (Å²) in [6.07, 6.45) is 5.58. The van der Waals surface area contributed by atoms with Crippen LogP contribution in [-0.2, 0) is 11.3 Å². The SMILES string of the molecule is NC(=O)C1CCC(NCc2ncc(Br)cc2Br)CC1. The van der Waals surface area contributed by atoms with Crippen molar-refractivity contribution < 1.29 is 4.79 Å². The number of nitrogens with two attached hydrogens (primary N) is 1. The van der Waals surface area contributed by atoms with E-state index in [4.69, 9.17) is 5.73 Å². The molecule has 1 fully saturated rings. The maximum atomic E-state index is 11.1. The van der Waals surface area contributed by atoms with Crippen LogP contribution in [0, 0.1) is 5.92 Å². The molecule has 1 heterocycles. The Kier molecular flexibility index (Phi) is 5.36. The van der Waals surface area contributed by atoms with E-state index in [1.54, 1.807) is 6.20 Å². The van der Waals surface area contributed by atoms with Crippen molar-refractivity contribution in [3.63, 3.8) is 0 Å². The summed E-state index contributed by atoms with van der Waals surface area (Å²) < 4.78 is 1.96. The van der Waals surface area contributed by atoms with Crippen LogP contribution >= 0.6 is 31.9 Å². The lowest BCUT2D eigenvalue weighted by molar-refractivity contribution is -0.122. The van der Waals surface area contributed by atoms with Crippen LogP contribution in [0.4, 0.5) is 0 Å². The molecule has 1 aromatic heterocycles. The highest BCUT2D eigenvalue weighted by molar-refractivity contribution is 9.11. The molecular weight excluding hydrogens is 374 g/mol. The second-order valence-corrected chi connectivity index (χ2v) is 6.68. The van der Waals surface area contributed by atoms with Gasteiger partial charge in [-0.2, -0.15) is 0 Å². The molecular formula is C13H17Br2N3O. The first-order valence-corrected chi connectivity index (χ1v) is 7.97. The van der Waals surface area contributed by atoms with Crippen LogP contribution in [0.15, 0.2) is 21.2 Å². The number of pyridine rings is 1. The largest absolute Gasteiger partial charge is 0.369 e. The van der Waals surface area contributed by atoms with Crippen molar-refractivity contribution in [3.8, 4) is 0 Å². The summed E-state index contributed by atoms with van der Waals surface area (Å²) in [4.78, 5) is 15.5. The highest BCUT2D eigenvalue weighted by Gasteiger charge is 2.24. The van der Waals surface area contributed by atoms with Crippen LogP contribution in [0.25, 0.3) is 0 Å². The number of hydrogen-bond donors (Lipinski definition) is 2. The van der Waals surface area contributed by atoms with Gasteiger partial charge in [-0.1, -0.05) is 0 Å². The summed E-state index contributed by atoms with van der Waals surface area (Å²) in [5, 5.41) is 3.50. The van der Waals surface area contributed by atoms with Gasteiger partial charge in [0.2, 0.25) is 5.91 Å². The number of carbonyl (C=O) groups excluding carboxylic acids is 1. The van der Waals surface area contributed by atoms with Gasteiger partial charge in [-0.05, 0) is 63.6 Å². The molecule has 104 valence electrons. The van der Waals surface area contributed by atoms with Gasteiger partial charge >= 0.3 is 0 Å². The second-order valence-electron chi connectivity index (χ2n) is 4.91. The van der Waals surface area contributed by atoms with Crippen LogP contribution in [0.1, 0.15) is 31.4 Å². The summed E-state index contributed by atoms with van der Waals surface area (Å²) >= 11 is 6.89. The summed E-state index contributed by atoms with van der Waals surface area (Å²) in [7, 11) is 0. The van der Waals surface area contributed by atoms with Crippen LogP contribution in [0.2, 0.25) is 0 Å². The third kappa shape index (κ3) is 4.26. The van der Waals surface area contributed by atoms with Crippen LogP contribution < -0.4 is 11.1 Å². The fourth-order valence-corrected chi connectivity index (χ4v) is 3.52. The highest BCUT2D eigenvalue weighted by Crippen LogP contribution is 2.25. The lowest BCUT2D eigenvalue weighted by Gasteiger charge is -2.27. The molecule has 0 aliphatic heterocycles. The fourth-order valence-electron chi connectivity index (χ4n) is 2.40. The quantitative estimate of drug-likeness (QED) is 0.830. The monoisotopic (exact) mass is 389 g/mol.